The Labute approximate surface area is 171 Å². The van der Waals surface area contributed by atoms with Gasteiger partial charge in [0.2, 0.25) is 11.7 Å². The van der Waals surface area contributed by atoms with Crippen molar-refractivity contribution >= 4 is 23.2 Å². The average molecular weight is 415 g/mol. The quantitative estimate of drug-likeness (QED) is 0.508. The summed E-state index contributed by atoms with van der Waals surface area (Å²) in [7, 11) is 1.61. The summed E-state index contributed by atoms with van der Waals surface area (Å²) in [6, 6.07) is 9.49. The monoisotopic (exact) mass is 415 g/mol. The van der Waals surface area contributed by atoms with Crippen LogP contribution in [-0.4, -0.2) is 42.3 Å². The molecule has 1 amide bonds. The number of aryl methyl sites for hydroxylation is 1. The standard InChI is InChI=1S/C20H21N3O5S/c1-26-16-5-3-2-4-14(16)8-10-21-17(24)12-27-19(25)7-6-18-22-20(23-28-18)15-9-11-29-13-15/h2-5,9,11,13H,6-8,10,12H2,1H3,(H,21,24). The molecule has 0 spiro atoms. The number of hydrogen-bond acceptors (Lipinski definition) is 8. The number of carbonyl (C=O) groups excluding carboxylic acids is 2. The summed E-state index contributed by atoms with van der Waals surface area (Å²) in [6.07, 6.45) is 0.929. The third kappa shape index (κ3) is 6.15. The molecular weight excluding hydrogens is 394 g/mol. The van der Waals surface area contributed by atoms with Crippen molar-refractivity contribution in [3.8, 4) is 17.1 Å². The summed E-state index contributed by atoms with van der Waals surface area (Å²) in [5, 5.41) is 10.4. The first-order chi connectivity index (χ1) is 14.2. The molecule has 0 bridgehead atoms. The summed E-state index contributed by atoms with van der Waals surface area (Å²) < 4.78 is 15.4. The van der Waals surface area contributed by atoms with Crippen molar-refractivity contribution in [1.82, 2.24) is 15.5 Å². The van der Waals surface area contributed by atoms with Crippen LogP contribution in [0.15, 0.2) is 45.6 Å². The normalized spacial score (nSPS) is 10.5. The third-order valence-electron chi connectivity index (χ3n) is 4.06. The molecule has 0 aliphatic heterocycles. The van der Waals surface area contributed by atoms with Crippen LogP contribution in [-0.2, 0) is 27.2 Å². The number of rotatable bonds is 10. The molecule has 0 aliphatic rings. The van der Waals surface area contributed by atoms with Crippen LogP contribution in [0.25, 0.3) is 11.4 Å². The van der Waals surface area contributed by atoms with E-state index in [-0.39, 0.29) is 25.4 Å². The van der Waals surface area contributed by atoms with E-state index in [2.05, 4.69) is 15.5 Å². The number of methoxy groups -OCH3 is 1. The van der Waals surface area contributed by atoms with Crippen molar-refractivity contribution < 1.29 is 23.6 Å². The van der Waals surface area contributed by atoms with Crippen LogP contribution < -0.4 is 10.1 Å². The van der Waals surface area contributed by atoms with Crippen molar-refractivity contribution in [3.05, 3.63) is 52.5 Å². The van der Waals surface area contributed by atoms with E-state index in [9.17, 15) is 9.59 Å². The second-order valence-electron chi connectivity index (χ2n) is 6.10. The van der Waals surface area contributed by atoms with Gasteiger partial charge in [-0.15, -0.1) is 0 Å². The number of esters is 1. The maximum absolute atomic E-state index is 11.8. The Hall–Kier alpha value is -3.20. The zero-order valence-corrected chi connectivity index (χ0v) is 16.7. The molecule has 2 heterocycles. The highest BCUT2D eigenvalue weighted by Crippen LogP contribution is 2.19. The molecule has 9 heteroatoms. The summed E-state index contributed by atoms with van der Waals surface area (Å²) in [5.74, 6) is 0.760. The lowest BCUT2D eigenvalue weighted by Crippen LogP contribution is -2.30. The van der Waals surface area contributed by atoms with E-state index in [0.717, 1.165) is 16.9 Å². The minimum atomic E-state index is -0.500. The third-order valence-corrected chi connectivity index (χ3v) is 4.75. The van der Waals surface area contributed by atoms with E-state index < -0.39 is 5.97 Å². The molecule has 3 aromatic rings. The fourth-order valence-electron chi connectivity index (χ4n) is 2.59. The first-order valence-electron chi connectivity index (χ1n) is 9.05. The molecule has 0 aliphatic carbocycles. The van der Waals surface area contributed by atoms with E-state index >= 15 is 0 Å². The van der Waals surface area contributed by atoms with Crippen molar-refractivity contribution in [2.24, 2.45) is 0 Å². The highest BCUT2D eigenvalue weighted by Gasteiger charge is 2.13. The smallest absolute Gasteiger partial charge is 0.306 e. The van der Waals surface area contributed by atoms with Gasteiger partial charge >= 0.3 is 5.97 Å². The number of carbonyl (C=O) groups is 2. The number of nitrogens with one attached hydrogen (secondary N) is 1. The number of ether oxygens (including phenoxy) is 2. The molecule has 0 fully saturated rings. The minimum Gasteiger partial charge on any atom is -0.496 e. The second-order valence-corrected chi connectivity index (χ2v) is 6.88. The van der Waals surface area contributed by atoms with Crippen LogP contribution in [0.5, 0.6) is 5.75 Å². The summed E-state index contributed by atoms with van der Waals surface area (Å²) in [4.78, 5) is 27.9. The van der Waals surface area contributed by atoms with Gasteiger partial charge in [-0.05, 0) is 29.5 Å². The summed E-state index contributed by atoms with van der Waals surface area (Å²) in [5.41, 5.74) is 1.87. The number of aromatic nitrogens is 2. The van der Waals surface area contributed by atoms with E-state index in [1.165, 1.54) is 11.3 Å². The summed E-state index contributed by atoms with van der Waals surface area (Å²) >= 11 is 1.54. The topological polar surface area (TPSA) is 104 Å². The van der Waals surface area contributed by atoms with Crippen LogP contribution in [0.1, 0.15) is 17.9 Å². The zero-order chi connectivity index (χ0) is 20.5. The number of nitrogens with zero attached hydrogens (tertiary/aromatic N) is 2. The Kier molecular flexibility index (Phi) is 7.34. The van der Waals surface area contributed by atoms with Crippen LogP contribution in [0, 0.1) is 0 Å². The van der Waals surface area contributed by atoms with E-state index in [0.29, 0.717) is 24.7 Å². The van der Waals surface area contributed by atoms with Crippen LogP contribution in [0.4, 0.5) is 0 Å². The van der Waals surface area contributed by atoms with Gasteiger partial charge < -0.3 is 19.3 Å². The predicted molar refractivity (Wildman–Crippen MR) is 107 cm³/mol. The maximum atomic E-state index is 11.8. The number of amides is 1. The Morgan fingerprint density at radius 3 is 2.86 bits per heavy atom. The fourth-order valence-corrected chi connectivity index (χ4v) is 3.22. The first kappa shape index (κ1) is 20.5. The average Bonchev–Trinajstić information content (AvgIpc) is 3.43. The Morgan fingerprint density at radius 2 is 2.07 bits per heavy atom. The van der Waals surface area contributed by atoms with Gasteiger partial charge in [-0.25, -0.2) is 0 Å². The second kappa shape index (κ2) is 10.4. The predicted octanol–water partition coefficient (Wildman–Crippen LogP) is 2.64. The Morgan fingerprint density at radius 1 is 1.21 bits per heavy atom. The summed E-state index contributed by atoms with van der Waals surface area (Å²) in [6.45, 7) is 0.0961. The molecule has 2 aromatic heterocycles. The lowest BCUT2D eigenvalue weighted by molar-refractivity contribution is -0.148. The van der Waals surface area contributed by atoms with Gasteiger partial charge in [-0.3, -0.25) is 9.59 Å². The molecule has 3 rings (SSSR count). The van der Waals surface area contributed by atoms with Crippen LogP contribution in [0.3, 0.4) is 0 Å². The molecule has 0 unspecified atom stereocenters. The maximum Gasteiger partial charge on any atom is 0.306 e. The largest absolute Gasteiger partial charge is 0.496 e. The van der Waals surface area contributed by atoms with Gasteiger partial charge in [0.25, 0.3) is 5.91 Å². The van der Waals surface area contributed by atoms with Gasteiger partial charge in [0.1, 0.15) is 5.75 Å². The number of para-hydroxylation sites is 1. The Bertz CT molecular complexity index is 939. The van der Waals surface area contributed by atoms with Crippen molar-refractivity contribution in [2.45, 2.75) is 19.3 Å². The lowest BCUT2D eigenvalue weighted by Gasteiger charge is -2.09. The van der Waals surface area contributed by atoms with Crippen molar-refractivity contribution in [1.29, 1.82) is 0 Å². The van der Waals surface area contributed by atoms with Crippen LogP contribution >= 0.6 is 11.3 Å². The molecule has 152 valence electrons. The van der Waals surface area contributed by atoms with Crippen LogP contribution in [0.2, 0.25) is 0 Å². The van der Waals surface area contributed by atoms with Gasteiger partial charge in [0.15, 0.2) is 6.61 Å². The molecule has 1 aromatic carbocycles. The molecular formula is C20H21N3O5S. The molecule has 0 radical (unpaired) electrons. The Balaban J connectivity index is 1.33. The molecule has 0 atom stereocenters. The molecule has 29 heavy (non-hydrogen) atoms. The van der Waals surface area contributed by atoms with Gasteiger partial charge in [0.05, 0.1) is 13.5 Å². The zero-order valence-electron chi connectivity index (χ0n) is 15.9. The highest BCUT2D eigenvalue weighted by atomic mass is 32.1. The van der Waals surface area contributed by atoms with E-state index in [1.807, 2.05) is 41.1 Å². The SMILES string of the molecule is COc1ccccc1CCNC(=O)COC(=O)CCc1nc(-c2ccsc2)no1. The minimum absolute atomic E-state index is 0.0553. The number of thiophene rings is 1. The lowest BCUT2D eigenvalue weighted by atomic mass is 10.1. The molecule has 0 saturated carbocycles. The molecule has 1 N–H and O–H groups in total. The number of benzene rings is 1. The number of hydrogen-bond donors (Lipinski definition) is 1. The van der Waals surface area contributed by atoms with Gasteiger partial charge in [-0.1, -0.05) is 23.4 Å². The van der Waals surface area contributed by atoms with Gasteiger partial charge in [0, 0.05) is 23.9 Å². The van der Waals surface area contributed by atoms with E-state index in [1.54, 1.807) is 7.11 Å². The fraction of sp³-hybridized carbons (Fsp3) is 0.300. The van der Waals surface area contributed by atoms with Gasteiger partial charge in [-0.2, -0.15) is 16.3 Å². The van der Waals surface area contributed by atoms with Crippen molar-refractivity contribution in [2.75, 3.05) is 20.3 Å². The molecule has 0 saturated heterocycles. The molecule has 8 nitrogen and oxygen atoms in total. The van der Waals surface area contributed by atoms with Crippen molar-refractivity contribution in [3.63, 3.8) is 0 Å². The first-order valence-corrected chi connectivity index (χ1v) is 9.99. The highest BCUT2D eigenvalue weighted by molar-refractivity contribution is 7.08. The van der Waals surface area contributed by atoms with E-state index in [4.69, 9.17) is 14.0 Å².